The summed E-state index contributed by atoms with van der Waals surface area (Å²) in [5, 5.41) is 18.3. The molecule has 5 heteroatoms. The third kappa shape index (κ3) is 3.59. The second-order valence-electron chi connectivity index (χ2n) is 5.52. The molecule has 0 fully saturated rings. The monoisotopic (exact) mass is 268 g/mol. The lowest BCUT2D eigenvalue weighted by Crippen LogP contribution is -2.08. The van der Waals surface area contributed by atoms with Crippen molar-refractivity contribution in [2.45, 2.75) is 40.5 Å². The van der Waals surface area contributed by atoms with E-state index in [0.717, 1.165) is 0 Å². The molecular formula is C14H20O5. The molecule has 2 N–H and O–H groups in total. The fourth-order valence-corrected chi connectivity index (χ4v) is 2.09. The molecule has 0 radical (unpaired) electrons. The normalized spacial score (nSPS) is 11.3. The Balaban J connectivity index is 3.42. The van der Waals surface area contributed by atoms with E-state index in [1.54, 1.807) is 0 Å². The Labute approximate surface area is 112 Å². The predicted molar refractivity (Wildman–Crippen MR) is 69.7 cm³/mol. The largest absolute Gasteiger partial charge is 0.475 e. The molecule has 0 saturated heterocycles. The van der Waals surface area contributed by atoms with Gasteiger partial charge in [0, 0.05) is 11.1 Å². The summed E-state index contributed by atoms with van der Waals surface area (Å²) in [6, 6.07) is 0. The molecule has 0 aromatic carbocycles. The van der Waals surface area contributed by atoms with Crippen LogP contribution < -0.4 is 0 Å². The van der Waals surface area contributed by atoms with E-state index in [-0.39, 0.29) is 23.4 Å². The molecule has 1 aromatic heterocycles. The zero-order valence-electron chi connectivity index (χ0n) is 11.7. The van der Waals surface area contributed by atoms with Gasteiger partial charge in [-0.25, -0.2) is 9.59 Å². The lowest BCUT2D eigenvalue weighted by Gasteiger charge is -2.09. The van der Waals surface area contributed by atoms with Crippen LogP contribution >= 0.6 is 0 Å². The van der Waals surface area contributed by atoms with E-state index >= 15 is 0 Å². The van der Waals surface area contributed by atoms with Gasteiger partial charge in [0.15, 0.2) is 0 Å². The second-order valence-corrected chi connectivity index (χ2v) is 5.52. The smallest absolute Gasteiger partial charge is 0.372 e. The zero-order chi connectivity index (χ0) is 14.7. The Bertz CT molecular complexity index is 440. The summed E-state index contributed by atoms with van der Waals surface area (Å²) in [4.78, 5) is 22.4. The lowest BCUT2D eigenvalue weighted by atomic mass is 9.93. The first-order chi connectivity index (χ1) is 8.73. The van der Waals surface area contributed by atoms with Crippen LogP contribution in [-0.2, 0) is 12.8 Å². The third-order valence-corrected chi connectivity index (χ3v) is 2.73. The Morgan fingerprint density at radius 3 is 1.42 bits per heavy atom. The summed E-state index contributed by atoms with van der Waals surface area (Å²) in [7, 11) is 0. The molecule has 1 rings (SSSR count). The first-order valence-corrected chi connectivity index (χ1v) is 6.35. The van der Waals surface area contributed by atoms with Gasteiger partial charge in [-0.05, 0) is 24.7 Å². The minimum atomic E-state index is -1.21. The van der Waals surface area contributed by atoms with Crippen LogP contribution in [0.4, 0.5) is 0 Å². The van der Waals surface area contributed by atoms with Crippen LogP contribution in [0, 0.1) is 11.8 Å². The van der Waals surface area contributed by atoms with Gasteiger partial charge in [-0.2, -0.15) is 0 Å². The fourth-order valence-electron chi connectivity index (χ4n) is 2.09. The molecule has 1 heterocycles. The molecule has 19 heavy (non-hydrogen) atoms. The predicted octanol–water partition coefficient (Wildman–Crippen LogP) is 3.07. The lowest BCUT2D eigenvalue weighted by molar-refractivity contribution is 0.0630. The first-order valence-electron chi connectivity index (χ1n) is 6.35. The minimum Gasteiger partial charge on any atom is -0.475 e. The number of carboxylic acids is 2. The van der Waals surface area contributed by atoms with Crippen molar-refractivity contribution in [2.75, 3.05) is 0 Å². The van der Waals surface area contributed by atoms with Crippen LogP contribution in [0.1, 0.15) is 59.9 Å². The fraction of sp³-hybridized carbons (Fsp3) is 0.571. The van der Waals surface area contributed by atoms with Gasteiger partial charge in [-0.1, -0.05) is 27.7 Å². The SMILES string of the molecule is CC(C)Cc1c(C(=O)O)oc(C(=O)O)c1CC(C)C. The van der Waals surface area contributed by atoms with Crippen molar-refractivity contribution in [1.29, 1.82) is 0 Å². The van der Waals surface area contributed by atoms with Crippen molar-refractivity contribution in [3.63, 3.8) is 0 Å². The molecule has 0 unspecified atom stereocenters. The van der Waals surface area contributed by atoms with E-state index in [0.29, 0.717) is 24.0 Å². The summed E-state index contributed by atoms with van der Waals surface area (Å²) in [6.07, 6.45) is 1.00. The zero-order valence-corrected chi connectivity index (χ0v) is 11.7. The number of carboxylic acid groups (broad SMARTS) is 2. The molecule has 0 aliphatic heterocycles. The molecule has 106 valence electrons. The van der Waals surface area contributed by atoms with Gasteiger partial charge in [-0.15, -0.1) is 0 Å². The van der Waals surface area contributed by atoms with Crippen molar-refractivity contribution in [3.8, 4) is 0 Å². The average molecular weight is 268 g/mol. The van der Waals surface area contributed by atoms with Gasteiger partial charge in [-0.3, -0.25) is 0 Å². The number of rotatable bonds is 6. The summed E-state index contributed by atoms with van der Waals surface area (Å²) >= 11 is 0. The maximum Gasteiger partial charge on any atom is 0.372 e. The van der Waals surface area contributed by atoms with Crippen molar-refractivity contribution in [2.24, 2.45) is 11.8 Å². The third-order valence-electron chi connectivity index (χ3n) is 2.73. The number of carbonyl (C=O) groups is 2. The molecule has 0 atom stereocenters. The summed E-state index contributed by atoms with van der Waals surface area (Å²) in [6.45, 7) is 7.83. The van der Waals surface area contributed by atoms with E-state index in [1.165, 1.54) is 0 Å². The quantitative estimate of drug-likeness (QED) is 0.827. The molecule has 5 nitrogen and oxygen atoms in total. The summed E-state index contributed by atoms with van der Waals surface area (Å²) in [5.41, 5.74) is 1.04. The van der Waals surface area contributed by atoms with Gasteiger partial charge in [0.1, 0.15) is 0 Å². The summed E-state index contributed by atoms with van der Waals surface area (Å²) < 4.78 is 5.07. The van der Waals surface area contributed by atoms with Crippen LogP contribution in [0.25, 0.3) is 0 Å². The van der Waals surface area contributed by atoms with Gasteiger partial charge in [0.2, 0.25) is 11.5 Å². The van der Waals surface area contributed by atoms with Gasteiger partial charge in [0.05, 0.1) is 0 Å². The highest BCUT2D eigenvalue weighted by Crippen LogP contribution is 2.28. The van der Waals surface area contributed by atoms with Crippen LogP contribution in [0.3, 0.4) is 0 Å². The molecule has 1 aromatic rings. The number of hydrogen-bond donors (Lipinski definition) is 2. The number of hydrogen-bond acceptors (Lipinski definition) is 3. The second kappa shape index (κ2) is 5.91. The van der Waals surface area contributed by atoms with E-state index in [1.807, 2.05) is 27.7 Å². The highest BCUT2D eigenvalue weighted by atomic mass is 16.4. The van der Waals surface area contributed by atoms with E-state index in [2.05, 4.69) is 0 Å². The van der Waals surface area contributed by atoms with Crippen molar-refractivity contribution in [1.82, 2.24) is 0 Å². The van der Waals surface area contributed by atoms with Crippen molar-refractivity contribution >= 4 is 11.9 Å². The molecule has 0 saturated carbocycles. The Morgan fingerprint density at radius 2 is 1.21 bits per heavy atom. The molecule has 0 aliphatic carbocycles. The van der Waals surface area contributed by atoms with E-state index in [9.17, 15) is 9.59 Å². The molecule has 0 spiro atoms. The first kappa shape index (κ1) is 15.3. The van der Waals surface area contributed by atoms with Crippen LogP contribution in [0.2, 0.25) is 0 Å². The van der Waals surface area contributed by atoms with Gasteiger partial charge >= 0.3 is 11.9 Å². The Hall–Kier alpha value is -1.78. The molecule has 0 aliphatic rings. The highest BCUT2D eigenvalue weighted by Gasteiger charge is 2.28. The minimum absolute atomic E-state index is 0.225. The Morgan fingerprint density at radius 1 is 0.895 bits per heavy atom. The average Bonchev–Trinajstić information content (AvgIpc) is 2.56. The Kier molecular flexibility index (Phi) is 4.75. The number of furan rings is 1. The van der Waals surface area contributed by atoms with Crippen LogP contribution in [0.5, 0.6) is 0 Å². The van der Waals surface area contributed by atoms with Crippen molar-refractivity contribution in [3.05, 3.63) is 22.6 Å². The van der Waals surface area contributed by atoms with E-state index < -0.39 is 11.9 Å². The maximum atomic E-state index is 11.2. The van der Waals surface area contributed by atoms with Crippen molar-refractivity contribution < 1.29 is 24.2 Å². The molecule has 0 bridgehead atoms. The van der Waals surface area contributed by atoms with Gasteiger partial charge in [0.25, 0.3) is 0 Å². The standard InChI is InChI=1S/C14H20O5/c1-7(2)5-9-10(6-8(3)4)12(14(17)18)19-11(9)13(15)16/h7-8H,5-6H2,1-4H3,(H,15,16)(H,17,18). The number of aromatic carboxylic acids is 2. The van der Waals surface area contributed by atoms with E-state index in [4.69, 9.17) is 14.6 Å². The van der Waals surface area contributed by atoms with Crippen LogP contribution in [-0.4, -0.2) is 22.2 Å². The summed E-state index contributed by atoms with van der Waals surface area (Å²) in [5.74, 6) is -2.45. The van der Waals surface area contributed by atoms with Gasteiger partial charge < -0.3 is 14.6 Å². The molecular weight excluding hydrogens is 248 g/mol. The topological polar surface area (TPSA) is 87.7 Å². The maximum absolute atomic E-state index is 11.2. The highest BCUT2D eigenvalue weighted by molar-refractivity contribution is 5.92. The molecule has 0 amide bonds. The van der Waals surface area contributed by atoms with Crippen LogP contribution in [0.15, 0.2) is 4.42 Å².